The molecule has 18 heavy (non-hydrogen) atoms. The highest BCUT2D eigenvalue weighted by atomic mass is 16.5. The number of carbonyl (C=O) groups excluding carboxylic acids is 2. The Hall–Kier alpha value is -1.14. The van der Waals surface area contributed by atoms with Crippen molar-refractivity contribution in [2.75, 3.05) is 40.0 Å². The van der Waals surface area contributed by atoms with Gasteiger partial charge in [-0.3, -0.25) is 14.5 Å². The second-order valence-corrected chi connectivity index (χ2v) is 4.22. The number of ether oxygens (including phenoxy) is 2. The Labute approximate surface area is 108 Å². The summed E-state index contributed by atoms with van der Waals surface area (Å²) in [6.45, 7) is 4.16. The summed E-state index contributed by atoms with van der Waals surface area (Å²) >= 11 is 0. The van der Waals surface area contributed by atoms with Crippen molar-refractivity contribution >= 4 is 11.9 Å². The van der Waals surface area contributed by atoms with E-state index in [9.17, 15) is 9.59 Å². The number of esters is 1. The minimum Gasteiger partial charge on any atom is -0.465 e. The van der Waals surface area contributed by atoms with Crippen LogP contribution in [0.2, 0.25) is 0 Å². The normalized spacial score (nSPS) is 19.8. The van der Waals surface area contributed by atoms with Crippen LogP contribution in [0.15, 0.2) is 0 Å². The number of nitrogens with zero attached hydrogens (tertiary/aromatic N) is 1. The molecule has 0 aromatic heterocycles. The Kier molecular flexibility index (Phi) is 6.67. The Morgan fingerprint density at radius 3 is 2.89 bits per heavy atom. The van der Waals surface area contributed by atoms with Gasteiger partial charge in [0.1, 0.15) is 6.04 Å². The van der Waals surface area contributed by atoms with Gasteiger partial charge < -0.3 is 14.8 Å². The number of hydrogen-bond acceptors (Lipinski definition) is 5. The van der Waals surface area contributed by atoms with Crippen molar-refractivity contribution in [2.45, 2.75) is 25.8 Å². The van der Waals surface area contributed by atoms with Gasteiger partial charge in [-0.1, -0.05) is 0 Å². The van der Waals surface area contributed by atoms with Gasteiger partial charge in [0, 0.05) is 13.7 Å². The SMILES string of the molecule is CCOC(=O)C1CCCN1CC(=O)NCCOC. The summed E-state index contributed by atoms with van der Waals surface area (Å²) in [5.74, 6) is -0.303. The predicted octanol–water partition coefficient (Wildman–Crippen LogP) is -0.223. The Morgan fingerprint density at radius 1 is 1.44 bits per heavy atom. The number of carbonyl (C=O) groups is 2. The lowest BCUT2D eigenvalue weighted by Gasteiger charge is -2.22. The molecule has 1 fully saturated rings. The molecule has 1 saturated heterocycles. The fourth-order valence-electron chi connectivity index (χ4n) is 2.05. The van der Waals surface area contributed by atoms with Crippen LogP contribution in [0, 0.1) is 0 Å². The molecule has 6 heteroatoms. The lowest BCUT2D eigenvalue weighted by molar-refractivity contribution is -0.148. The van der Waals surface area contributed by atoms with Crippen molar-refractivity contribution in [1.29, 1.82) is 0 Å². The maximum atomic E-state index is 11.7. The third kappa shape index (κ3) is 4.62. The van der Waals surface area contributed by atoms with Crippen LogP contribution in [0.25, 0.3) is 0 Å². The van der Waals surface area contributed by atoms with Gasteiger partial charge in [-0.2, -0.15) is 0 Å². The summed E-state index contributed by atoms with van der Waals surface area (Å²) in [6, 6.07) is -0.266. The minimum atomic E-state index is -0.266. The summed E-state index contributed by atoms with van der Waals surface area (Å²) in [6.07, 6.45) is 1.69. The van der Waals surface area contributed by atoms with Gasteiger partial charge in [-0.15, -0.1) is 0 Å². The molecule has 0 aliphatic carbocycles. The lowest BCUT2D eigenvalue weighted by Crippen LogP contribution is -2.44. The summed E-state index contributed by atoms with van der Waals surface area (Å²) in [7, 11) is 1.59. The molecule has 0 bridgehead atoms. The van der Waals surface area contributed by atoms with Crippen molar-refractivity contribution in [1.82, 2.24) is 10.2 Å². The van der Waals surface area contributed by atoms with Crippen molar-refractivity contribution in [2.24, 2.45) is 0 Å². The van der Waals surface area contributed by atoms with Gasteiger partial charge in [-0.05, 0) is 26.3 Å². The smallest absolute Gasteiger partial charge is 0.323 e. The molecule has 6 nitrogen and oxygen atoms in total. The highest BCUT2D eigenvalue weighted by Crippen LogP contribution is 2.17. The lowest BCUT2D eigenvalue weighted by atomic mass is 10.2. The molecular formula is C12H22N2O4. The van der Waals surface area contributed by atoms with Crippen LogP contribution in [-0.4, -0.2) is 62.8 Å². The van der Waals surface area contributed by atoms with E-state index < -0.39 is 0 Å². The van der Waals surface area contributed by atoms with Gasteiger partial charge in [0.25, 0.3) is 0 Å². The van der Waals surface area contributed by atoms with Crippen molar-refractivity contribution < 1.29 is 19.1 Å². The van der Waals surface area contributed by atoms with E-state index in [1.807, 2.05) is 4.90 Å². The third-order valence-electron chi connectivity index (χ3n) is 2.90. The van der Waals surface area contributed by atoms with E-state index in [1.54, 1.807) is 14.0 Å². The topological polar surface area (TPSA) is 67.9 Å². The van der Waals surface area contributed by atoms with Crippen molar-refractivity contribution in [3.8, 4) is 0 Å². The average molecular weight is 258 g/mol. The predicted molar refractivity (Wildman–Crippen MR) is 66.1 cm³/mol. The number of hydrogen-bond donors (Lipinski definition) is 1. The standard InChI is InChI=1S/C12H22N2O4/c1-3-18-12(16)10-5-4-7-14(10)9-11(15)13-6-8-17-2/h10H,3-9H2,1-2H3,(H,13,15). The van der Waals surface area contributed by atoms with Gasteiger partial charge in [0.2, 0.25) is 5.91 Å². The molecule has 1 unspecified atom stereocenters. The molecule has 1 N–H and O–H groups in total. The van der Waals surface area contributed by atoms with Gasteiger partial charge in [0.05, 0.1) is 19.8 Å². The molecule has 1 amide bonds. The van der Waals surface area contributed by atoms with E-state index in [0.717, 1.165) is 19.4 Å². The number of likely N-dealkylation sites (tertiary alicyclic amines) is 1. The first-order valence-electron chi connectivity index (χ1n) is 6.35. The minimum absolute atomic E-state index is 0.0803. The van der Waals surface area contributed by atoms with Crippen LogP contribution >= 0.6 is 0 Å². The molecule has 104 valence electrons. The number of nitrogens with one attached hydrogen (secondary N) is 1. The first-order valence-corrected chi connectivity index (χ1v) is 6.35. The Balaban J connectivity index is 2.35. The number of amides is 1. The van der Waals surface area contributed by atoms with E-state index in [0.29, 0.717) is 19.8 Å². The van der Waals surface area contributed by atoms with E-state index in [-0.39, 0.29) is 24.5 Å². The fourth-order valence-corrected chi connectivity index (χ4v) is 2.05. The summed E-state index contributed by atoms with van der Waals surface area (Å²) in [5.41, 5.74) is 0. The van der Waals surface area contributed by atoms with Crippen LogP contribution in [0.1, 0.15) is 19.8 Å². The van der Waals surface area contributed by atoms with E-state index in [1.165, 1.54) is 0 Å². The van der Waals surface area contributed by atoms with Crippen molar-refractivity contribution in [3.63, 3.8) is 0 Å². The van der Waals surface area contributed by atoms with E-state index in [2.05, 4.69) is 5.32 Å². The molecular weight excluding hydrogens is 236 g/mol. The maximum absolute atomic E-state index is 11.7. The molecule has 1 heterocycles. The highest BCUT2D eigenvalue weighted by Gasteiger charge is 2.32. The Bertz CT molecular complexity index is 283. The number of rotatable bonds is 7. The molecule has 0 spiro atoms. The van der Waals surface area contributed by atoms with Crippen LogP contribution in [-0.2, 0) is 19.1 Å². The van der Waals surface area contributed by atoms with Crippen LogP contribution in [0.3, 0.4) is 0 Å². The Morgan fingerprint density at radius 2 is 2.22 bits per heavy atom. The third-order valence-corrected chi connectivity index (χ3v) is 2.90. The second-order valence-electron chi connectivity index (χ2n) is 4.22. The molecule has 1 aliphatic rings. The summed E-state index contributed by atoms with van der Waals surface area (Å²) in [5, 5.41) is 2.74. The molecule has 0 radical (unpaired) electrons. The monoisotopic (exact) mass is 258 g/mol. The summed E-state index contributed by atoms with van der Waals surface area (Å²) < 4.78 is 9.85. The molecule has 1 atom stereocenters. The summed E-state index contributed by atoms with van der Waals surface area (Å²) in [4.78, 5) is 25.2. The molecule has 0 aromatic rings. The average Bonchev–Trinajstić information content (AvgIpc) is 2.78. The first kappa shape index (κ1) is 14.9. The van der Waals surface area contributed by atoms with Crippen LogP contribution in [0.4, 0.5) is 0 Å². The molecule has 1 rings (SSSR count). The van der Waals surface area contributed by atoms with Crippen LogP contribution < -0.4 is 5.32 Å². The van der Waals surface area contributed by atoms with Gasteiger partial charge in [0.15, 0.2) is 0 Å². The quantitative estimate of drug-likeness (QED) is 0.505. The fraction of sp³-hybridized carbons (Fsp3) is 0.833. The number of methoxy groups -OCH3 is 1. The molecule has 0 saturated carbocycles. The van der Waals surface area contributed by atoms with Gasteiger partial charge in [-0.25, -0.2) is 0 Å². The second kappa shape index (κ2) is 8.05. The largest absolute Gasteiger partial charge is 0.465 e. The maximum Gasteiger partial charge on any atom is 0.323 e. The highest BCUT2D eigenvalue weighted by molar-refractivity contribution is 5.80. The zero-order chi connectivity index (χ0) is 13.4. The zero-order valence-electron chi connectivity index (χ0n) is 11.1. The van der Waals surface area contributed by atoms with E-state index in [4.69, 9.17) is 9.47 Å². The van der Waals surface area contributed by atoms with Crippen molar-refractivity contribution in [3.05, 3.63) is 0 Å². The van der Waals surface area contributed by atoms with E-state index >= 15 is 0 Å². The van der Waals surface area contributed by atoms with Crippen LogP contribution in [0.5, 0.6) is 0 Å². The molecule has 1 aliphatic heterocycles. The van der Waals surface area contributed by atoms with Gasteiger partial charge >= 0.3 is 5.97 Å². The molecule has 0 aromatic carbocycles. The zero-order valence-corrected chi connectivity index (χ0v) is 11.1. The first-order chi connectivity index (χ1) is 8.69.